The average molecular weight is 208 g/mol. The first kappa shape index (κ1) is 11.2. The van der Waals surface area contributed by atoms with Crippen LogP contribution in [0.15, 0.2) is 0 Å². The number of β-amino-alcohol motifs (C(OH)–C–C–N with tert-alkyl or cyclic N) is 1. The van der Waals surface area contributed by atoms with Gasteiger partial charge < -0.3 is 9.84 Å². The standard InChI is InChI=1S/C9H18ClNO2/c1-7(2)9-11(3-4-13-9)6-8(12)5-10/h7-9,12H,3-6H2,1-2H3. The van der Waals surface area contributed by atoms with Crippen LogP contribution in [-0.4, -0.2) is 47.9 Å². The van der Waals surface area contributed by atoms with Crippen molar-refractivity contribution in [3.8, 4) is 0 Å². The van der Waals surface area contributed by atoms with Crippen molar-refractivity contribution in [1.29, 1.82) is 0 Å². The van der Waals surface area contributed by atoms with Crippen LogP contribution in [0.3, 0.4) is 0 Å². The predicted octanol–water partition coefficient (Wildman–Crippen LogP) is 0.900. The van der Waals surface area contributed by atoms with E-state index in [0.29, 0.717) is 18.3 Å². The molecule has 1 N–H and O–H groups in total. The van der Waals surface area contributed by atoms with Gasteiger partial charge in [0, 0.05) is 19.0 Å². The number of aliphatic hydroxyl groups is 1. The third kappa shape index (κ3) is 3.09. The number of aliphatic hydroxyl groups excluding tert-OH is 1. The van der Waals surface area contributed by atoms with Crippen LogP contribution in [0.2, 0.25) is 0 Å². The van der Waals surface area contributed by atoms with Gasteiger partial charge in [0.1, 0.15) is 6.23 Å². The van der Waals surface area contributed by atoms with E-state index in [1.54, 1.807) is 0 Å². The monoisotopic (exact) mass is 207 g/mol. The van der Waals surface area contributed by atoms with E-state index < -0.39 is 6.10 Å². The third-order valence-electron chi connectivity index (χ3n) is 2.22. The normalized spacial score (nSPS) is 27.0. The Morgan fingerprint density at radius 2 is 2.31 bits per heavy atom. The van der Waals surface area contributed by atoms with Crippen LogP contribution in [0.4, 0.5) is 0 Å². The molecule has 1 aliphatic rings. The highest BCUT2D eigenvalue weighted by molar-refractivity contribution is 6.18. The number of rotatable bonds is 4. The lowest BCUT2D eigenvalue weighted by atomic mass is 10.1. The Bertz CT molecular complexity index is 155. The zero-order valence-electron chi connectivity index (χ0n) is 8.24. The minimum Gasteiger partial charge on any atom is -0.391 e. The summed E-state index contributed by atoms with van der Waals surface area (Å²) in [5.74, 6) is 0.756. The molecule has 2 atom stereocenters. The van der Waals surface area contributed by atoms with Crippen LogP contribution in [0, 0.1) is 5.92 Å². The molecule has 0 saturated carbocycles. The zero-order valence-corrected chi connectivity index (χ0v) is 9.00. The van der Waals surface area contributed by atoms with Gasteiger partial charge in [0.05, 0.1) is 12.7 Å². The summed E-state index contributed by atoms with van der Waals surface area (Å²) in [6.45, 7) is 6.52. The summed E-state index contributed by atoms with van der Waals surface area (Å²) in [6, 6.07) is 0. The molecule has 1 heterocycles. The van der Waals surface area contributed by atoms with Crippen molar-refractivity contribution in [2.24, 2.45) is 5.92 Å². The Hall–Kier alpha value is 0.170. The molecule has 1 rings (SSSR count). The molecule has 1 fully saturated rings. The minimum absolute atomic E-state index is 0.151. The van der Waals surface area contributed by atoms with E-state index in [1.165, 1.54) is 0 Å². The van der Waals surface area contributed by atoms with Crippen molar-refractivity contribution < 1.29 is 9.84 Å². The van der Waals surface area contributed by atoms with Crippen molar-refractivity contribution in [3.63, 3.8) is 0 Å². The summed E-state index contributed by atoms with van der Waals surface area (Å²) in [7, 11) is 0. The van der Waals surface area contributed by atoms with Crippen LogP contribution >= 0.6 is 11.6 Å². The maximum atomic E-state index is 9.39. The first-order chi connectivity index (χ1) is 6.15. The topological polar surface area (TPSA) is 32.7 Å². The summed E-state index contributed by atoms with van der Waals surface area (Å²) >= 11 is 5.54. The molecule has 0 aliphatic carbocycles. The maximum Gasteiger partial charge on any atom is 0.113 e. The van der Waals surface area contributed by atoms with E-state index in [4.69, 9.17) is 16.3 Å². The van der Waals surface area contributed by atoms with E-state index in [2.05, 4.69) is 18.7 Å². The highest BCUT2D eigenvalue weighted by Gasteiger charge is 2.28. The maximum absolute atomic E-state index is 9.39. The van der Waals surface area contributed by atoms with E-state index in [0.717, 1.165) is 13.2 Å². The van der Waals surface area contributed by atoms with Crippen LogP contribution in [0.25, 0.3) is 0 Å². The molecule has 78 valence electrons. The van der Waals surface area contributed by atoms with Crippen molar-refractivity contribution in [3.05, 3.63) is 0 Å². The molecule has 1 saturated heterocycles. The van der Waals surface area contributed by atoms with E-state index in [-0.39, 0.29) is 6.23 Å². The molecule has 0 spiro atoms. The molecule has 0 aromatic carbocycles. The third-order valence-corrected chi connectivity index (χ3v) is 2.58. The average Bonchev–Trinajstić information content (AvgIpc) is 2.52. The first-order valence-corrected chi connectivity index (χ1v) is 5.28. The Morgan fingerprint density at radius 1 is 1.62 bits per heavy atom. The largest absolute Gasteiger partial charge is 0.391 e. The van der Waals surface area contributed by atoms with Crippen molar-refractivity contribution in [2.75, 3.05) is 25.6 Å². The van der Waals surface area contributed by atoms with Gasteiger partial charge in [0.25, 0.3) is 0 Å². The Morgan fingerprint density at radius 3 is 2.85 bits per heavy atom. The molecule has 4 heteroatoms. The molecule has 0 bridgehead atoms. The first-order valence-electron chi connectivity index (χ1n) is 4.75. The van der Waals surface area contributed by atoms with Crippen LogP contribution in [0.1, 0.15) is 13.8 Å². The summed E-state index contributed by atoms with van der Waals surface area (Å²) in [6.07, 6.45) is -0.289. The fourth-order valence-electron chi connectivity index (χ4n) is 1.65. The van der Waals surface area contributed by atoms with E-state index in [1.807, 2.05) is 0 Å². The summed E-state index contributed by atoms with van der Waals surface area (Å²) in [4.78, 5) is 2.15. The Labute approximate surface area is 84.6 Å². The molecule has 0 amide bonds. The summed E-state index contributed by atoms with van der Waals surface area (Å²) in [5.41, 5.74) is 0. The summed E-state index contributed by atoms with van der Waals surface area (Å²) in [5, 5.41) is 9.39. The Kier molecular flexibility index (Phi) is 4.46. The van der Waals surface area contributed by atoms with Gasteiger partial charge in [-0.15, -0.1) is 11.6 Å². The van der Waals surface area contributed by atoms with Crippen molar-refractivity contribution >= 4 is 11.6 Å². The zero-order chi connectivity index (χ0) is 9.84. The van der Waals surface area contributed by atoms with Crippen LogP contribution in [-0.2, 0) is 4.74 Å². The quantitative estimate of drug-likeness (QED) is 0.696. The van der Waals surface area contributed by atoms with Gasteiger partial charge in [-0.3, -0.25) is 4.90 Å². The Balaban J connectivity index is 2.39. The number of hydrogen-bond donors (Lipinski definition) is 1. The molecule has 0 aromatic rings. The van der Waals surface area contributed by atoms with Gasteiger partial charge in [-0.1, -0.05) is 13.8 Å². The predicted molar refractivity (Wildman–Crippen MR) is 52.9 cm³/mol. The fraction of sp³-hybridized carbons (Fsp3) is 1.00. The minimum atomic E-state index is -0.440. The number of nitrogens with zero attached hydrogens (tertiary/aromatic N) is 1. The van der Waals surface area contributed by atoms with Gasteiger partial charge in [-0.25, -0.2) is 0 Å². The van der Waals surface area contributed by atoms with Crippen molar-refractivity contribution in [2.45, 2.75) is 26.2 Å². The lowest BCUT2D eigenvalue weighted by Gasteiger charge is -2.27. The van der Waals surface area contributed by atoms with Crippen LogP contribution < -0.4 is 0 Å². The number of ether oxygens (including phenoxy) is 1. The second kappa shape index (κ2) is 5.15. The lowest BCUT2D eigenvalue weighted by Crippen LogP contribution is -2.40. The molecule has 2 unspecified atom stereocenters. The van der Waals surface area contributed by atoms with Gasteiger partial charge in [0.15, 0.2) is 0 Å². The second-order valence-electron chi connectivity index (χ2n) is 3.81. The molecule has 13 heavy (non-hydrogen) atoms. The van der Waals surface area contributed by atoms with E-state index in [9.17, 15) is 5.11 Å². The smallest absolute Gasteiger partial charge is 0.113 e. The van der Waals surface area contributed by atoms with Gasteiger partial charge in [0.2, 0.25) is 0 Å². The molecular weight excluding hydrogens is 190 g/mol. The fourth-order valence-corrected chi connectivity index (χ4v) is 1.75. The van der Waals surface area contributed by atoms with E-state index >= 15 is 0 Å². The number of halogens is 1. The second-order valence-corrected chi connectivity index (χ2v) is 4.12. The van der Waals surface area contributed by atoms with Gasteiger partial charge >= 0.3 is 0 Å². The molecule has 0 radical (unpaired) electrons. The molecule has 1 aliphatic heterocycles. The van der Waals surface area contributed by atoms with Gasteiger partial charge in [-0.2, -0.15) is 0 Å². The molecule has 0 aromatic heterocycles. The molecular formula is C9H18ClNO2. The van der Waals surface area contributed by atoms with Crippen molar-refractivity contribution in [1.82, 2.24) is 4.90 Å². The van der Waals surface area contributed by atoms with Crippen LogP contribution in [0.5, 0.6) is 0 Å². The summed E-state index contributed by atoms with van der Waals surface area (Å²) < 4.78 is 5.54. The SMILES string of the molecule is CC(C)C1OCCN1CC(O)CCl. The lowest BCUT2D eigenvalue weighted by molar-refractivity contribution is -0.0163. The highest BCUT2D eigenvalue weighted by atomic mass is 35.5. The highest BCUT2D eigenvalue weighted by Crippen LogP contribution is 2.18. The van der Waals surface area contributed by atoms with Gasteiger partial charge in [-0.05, 0) is 5.92 Å². The number of hydrogen-bond acceptors (Lipinski definition) is 3. The number of alkyl halides is 1. The molecule has 3 nitrogen and oxygen atoms in total.